The van der Waals surface area contributed by atoms with Crippen molar-refractivity contribution in [1.82, 2.24) is 4.98 Å². The van der Waals surface area contributed by atoms with Gasteiger partial charge in [-0.1, -0.05) is 18.3 Å². The number of thiocarbonyl (C=S) groups is 1. The Labute approximate surface area is 126 Å². The quantitative estimate of drug-likeness (QED) is 0.841. The first-order valence-corrected chi connectivity index (χ1v) is 8.36. The summed E-state index contributed by atoms with van der Waals surface area (Å²) in [6.07, 6.45) is 1.61. The molecule has 2 rings (SSSR count). The number of nitrogens with zero attached hydrogens (tertiary/aromatic N) is 1. The molecule has 2 aromatic rings. The number of rotatable bonds is 4. The summed E-state index contributed by atoms with van der Waals surface area (Å²) in [5.74, 6) is 0. The summed E-state index contributed by atoms with van der Waals surface area (Å²) in [7, 11) is -3.65. The first-order valence-electron chi connectivity index (χ1n) is 5.65. The van der Waals surface area contributed by atoms with Gasteiger partial charge in [-0.15, -0.1) is 11.3 Å². The molecule has 8 heteroatoms. The van der Waals surface area contributed by atoms with Crippen LogP contribution in [-0.4, -0.2) is 18.4 Å². The zero-order valence-electron chi connectivity index (χ0n) is 10.9. The number of sulfonamides is 1. The molecule has 0 amide bonds. The molecule has 0 spiro atoms. The molecule has 0 aliphatic carbocycles. The summed E-state index contributed by atoms with van der Waals surface area (Å²) in [6, 6.07) is 4.63. The van der Waals surface area contributed by atoms with E-state index in [1.54, 1.807) is 19.2 Å². The molecule has 1 aromatic carbocycles. The molecule has 1 aromatic heterocycles. The van der Waals surface area contributed by atoms with Gasteiger partial charge in [0.1, 0.15) is 4.99 Å². The summed E-state index contributed by atoms with van der Waals surface area (Å²) in [5, 5.41) is 0.346. The highest BCUT2D eigenvalue weighted by molar-refractivity contribution is 7.93. The van der Waals surface area contributed by atoms with Gasteiger partial charge in [0.15, 0.2) is 5.13 Å². The Hall–Kier alpha value is -1.51. The van der Waals surface area contributed by atoms with Crippen molar-refractivity contribution in [2.45, 2.75) is 18.7 Å². The van der Waals surface area contributed by atoms with Gasteiger partial charge in [0, 0.05) is 16.6 Å². The molecule has 20 heavy (non-hydrogen) atoms. The molecule has 0 aliphatic rings. The van der Waals surface area contributed by atoms with E-state index in [2.05, 4.69) is 9.71 Å². The zero-order valence-corrected chi connectivity index (χ0v) is 13.3. The average molecular weight is 327 g/mol. The summed E-state index contributed by atoms with van der Waals surface area (Å²) in [6.45, 7) is 3.62. The van der Waals surface area contributed by atoms with Crippen LogP contribution in [0.3, 0.4) is 0 Å². The normalized spacial score (nSPS) is 11.3. The number of anilines is 1. The number of hydrogen-bond acceptors (Lipinski definition) is 5. The first kappa shape index (κ1) is 14.9. The van der Waals surface area contributed by atoms with Gasteiger partial charge >= 0.3 is 0 Å². The third-order valence-electron chi connectivity index (χ3n) is 2.62. The Morgan fingerprint density at radius 1 is 1.40 bits per heavy atom. The van der Waals surface area contributed by atoms with Crippen LogP contribution in [-0.2, 0) is 10.0 Å². The second kappa shape index (κ2) is 5.47. The van der Waals surface area contributed by atoms with Crippen molar-refractivity contribution in [3.05, 3.63) is 40.4 Å². The highest BCUT2D eigenvalue weighted by Crippen LogP contribution is 2.22. The molecule has 0 fully saturated rings. The maximum Gasteiger partial charge on any atom is 0.263 e. The van der Waals surface area contributed by atoms with Crippen molar-refractivity contribution in [3.63, 3.8) is 0 Å². The van der Waals surface area contributed by atoms with Gasteiger partial charge in [0.2, 0.25) is 0 Å². The molecule has 0 aliphatic heterocycles. The van der Waals surface area contributed by atoms with Gasteiger partial charge in [-0.05, 0) is 31.5 Å². The first-order chi connectivity index (χ1) is 9.29. The molecule has 0 bridgehead atoms. The third kappa shape index (κ3) is 3.14. The van der Waals surface area contributed by atoms with Gasteiger partial charge in [0.25, 0.3) is 10.0 Å². The van der Waals surface area contributed by atoms with E-state index in [0.717, 1.165) is 10.4 Å². The minimum Gasteiger partial charge on any atom is -0.389 e. The maximum absolute atomic E-state index is 12.2. The van der Waals surface area contributed by atoms with E-state index in [4.69, 9.17) is 18.0 Å². The highest BCUT2D eigenvalue weighted by Gasteiger charge is 2.17. The Balaban J connectivity index is 2.35. The van der Waals surface area contributed by atoms with Crippen molar-refractivity contribution in [2.24, 2.45) is 5.73 Å². The molecule has 0 radical (unpaired) electrons. The van der Waals surface area contributed by atoms with Crippen LogP contribution in [0.15, 0.2) is 29.3 Å². The fourth-order valence-electron chi connectivity index (χ4n) is 1.66. The number of nitrogens with two attached hydrogens (primary N) is 1. The molecule has 106 valence electrons. The van der Waals surface area contributed by atoms with Gasteiger partial charge in [-0.3, -0.25) is 4.72 Å². The Kier molecular flexibility index (Phi) is 4.07. The fraction of sp³-hybridized carbons (Fsp3) is 0.167. The van der Waals surface area contributed by atoms with E-state index < -0.39 is 10.0 Å². The fourth-order valence-corrected chi connectivity index (χ4v) is 3.88. The number of thiazole rings is 1. The summed E-state index contributed by atoms with van der Waals surface area (Å²) >= 11 is 6.18. The zero-order chi connectivity index (χ0) is 14.9. The summed E-state index contributed by atoms with van der Waals surface area (Å²) < 4.78 is 26.9. The van der Waals surface area contributed by atoms with Crippen molar-refractivity contribution in [3.8, 4) is 0 Å². The molecular formula is C12H13N3O2S3. The molecule has 5 nitrogen and oxygen atoms in total. The molecule has 3 N–H and O–H groups in total. The lowest BCUT2D eigenvalue weighted by Crippen LogP contribution is -2.15. The molecule has 0 saturated carbocycles. The van der Waals surface area contributed by atoms with E-state index in [-0.39, 0.29) is 9.88 Å². The maximum atomic E-state index is 12.2. The number of nitrogens with one attached hydrogen (secondary N) is 1. The van der Waals surface area contributed by atoms with Crippen LogP contribution in [0, 0.1) is 13.8 Å². The van der Waals surface area contributed by atoms with Gasteiger partial charge in [-0.25, -0.2) is 13.4 Å². The van der Waals surface area contributed by atoms with Crippen LogP contribution in [0.25, 0.3) is 0 Å². The topological polar surface area (TPSA) is 85.1 Å². The number of aryl methyl sites for hydroxylation is 2. The molecule has 0 unspecified atom stereocenters. The minimum atomic E-state index is -3.65. The molecular weight excluding hydrogens is 314 g/mol. The number of hydrogen-bond donors (Lipinski definition) is 2. The Morgan fingerprint density at radius 2 is 2.10 bits per heavy atom. The van der Waals surface area contributed by atoms with E-state index in [1.165, 1.54) is 23.5 Å². The SMILES string of the molecule is Cc1cnc(NS(=O)(=O)c2ccc(C(N)=S)c(C)c2)s1. The smallest absolute Gasteiger partial charge is 0.263 e. The van der Waals surface area contributed by atoms with Crippen LogP contribution in [0.1, 0.15) is 16.0 Å². The van der Waals surface area contributed by atoms with E-state index in [1.807, 2.05) is 6.92 Å². The van der Waals surface area contributed by atoms with Crippen LogP contribution < -0.4 is 10.5 Å². The van der Waals surface area contributed by atoms with Crippen LogP contribution >= 0.6 is 23.6 Å². The predicted molar refractivity (Wildman–Crippen MR) is 84.7 cm³/mol. The molecule has 0 saturated heterocycles. The van der Waals surface area contributed by atoms with Gasteiger partial charge in [0.05, 0.1) is 4.90 Å². The van der Waals surface area contributed by atoms with E-state index in [9.17, 15) is 8.42 Å². The van der Waals surface area contributed by atoms with Crippen LogP contribution in [0.5, 0.6) is 0 Å². The predicted octanol–water partition coefficient (Wildman–Crippen LogP) is 2.19. The number of aromatic nitrogens is 1. The van der Waals surface area contributed by atoms with Crippen molar-refractivity contribution < 1.29 is 8.42 Å². The second-order valence-electron chi connectivity index (χ2n) is 4.22. The lowest BCUT2D eigenvalue weighted by Gasteiger charge is -2.08. The Morgan fingerprint density at radius 3 is 2.60 bits per heavy atom. The highest BCUT2D eigenvalue weighted by atomic mass is 32.2. The molecule has 0 atom stereocenters. The van der Waals surface area contributed by atoms with Crippen LogP contribution in [0.4, 0.5) is 5.13 Å². The molecule has 1 heterocycles. The van der Waals surface area contributed by atoms with Crippen molar-refractivity contribution in [2.75, 3.05) is 4.72 Å². The summed E-state index contributed by atoms with van der Waals surface area (Å²) in [5.41, 5.74) is 6.95. The van der Waals surface area contributed by atoms with Crippen LogP contribution in [0.2, 0.25) is 0 Å². The van der Waals surface area contributed by atoms with E-state index >= 15 is 0 Å². The summed E-state index contributed by atoms with van der Waals surface area (Å²) in [4.78, 5) is 5.32. The van der Waals surface area contributed by atoms with Crippen molar-refractivity contribution >= 4 is 43.7 Å². The monoisotopic (exact) mass is 327 g/mol. The van der Waals surface area contributed by atoms with Crippen molar-refractivity contribution in [1.29, 1.82) is 0 Å². The number of benzene rings is 1. The van der Waals surface area contributed by atoms with Gasteiger partial charge < -0.3 is 5.73 Å². The lowest BCUT2D eigenvalue weighted by atomic mass is 10.1. The minimum absolute atomic E-state index is 0.155. The van der Waals surface area contributed by atoms with E-state index in [0.29, 0.717) is 10.7 Å². The Bertz CT molecular complexity index is 766. The van der Waals surface area contributed by atoms with Gasteiger partial charge in [-0.2, -0.15) is 0 Å². The lowest BCUT2D eigenvalue weighted by molar-refractivity contribution is 0.601. The second-order valence-corrected chi connectivity index (χ2v) is 7.58. The third-order valence-corrected chi connectivity index (χ3v) is 5.13. The average Bonchev–Trinajstić information content (AvgIpc) is 2.73. The largest absolute Gasteiger partial charge is 0.389 e. The standard InChI is InChI=1S/C12H13N3O2S3/c1-7-5-9(3-4-10(7)11(13)18)20(16,17)15-12-14-6-8(2)19-12/h3-6H,1-2H3,(H2,13,18)(H,14,15).